The lowest BCUT2D eigenvalue weighted by Crippen LogP contribution is -2.43. The van der Waals surface area contributed by atoms with Crippen LogP contribution in [0.4, 0.5) is 10.2 Å². The number of halogens is 2. The van der Waals surface area contributed by atoms with Crippen molar-refractivity contribution in [3.8, 4) is 0 Å². The molecule has 2 aromatic heterocycles. The van der Waals surface area contributed by atoms with Crippen molar-refractivity contribution in [1.82, 2.24) is 15.3 Å². The second-order valence-corrected chi connectivity index (χ2v) is 8.64. The van der Waals surface area contributed by atoms with Crippen LogP contribution in [0.3, 0.4) is 0 Å². The first-order valence-corrected chi connectivity index (χ1v) is 11.0. The third kappa shape index (κ3) is 4.47. The Bertz CT molecular complexity index is 891. The van der Waals surface area contributed by atoms with Gasteiger partial charge in [0.05, 0.1) is 9.17 Å². The molecule has 0 saturated carbocycles. The van der Waals surface area contributed by atoms with E-state index in [1.807, 2.05) is 12.1 Å². The number of fused-ring (bicyclic) bond motifs is 1. The summed E-state index contributed by atoms with van der Waals surface area (Å²) in [5.74, 6) is 0.893. The fourth-order valence-electron chi connectivity index (χ4n) is 3.58. The summed E-state index contributed by atoms with van der Waals surface area (Å²) < 4.78 is 15.1. The molecular weight excluding hydrogens is 427 g/mol. The molecule has 1 N–H and O–H groups in total. The molecule has 1 fully saturated rings. The average molecular weight is 449 g/mol. The average Bonchev–Trinajstić information content (AvgIpc) is 3.08. The lowest BCUT2D eigenvalue weighted by molar-refractivity contribution is 0.412. The Morgan fingerprint density at radius 2 is 1.96 bits per heavy atom. The number of nitrogens with zero attached hydrogens (tertiary/aromatic N) is 3. The molecule has 0 spiro atoms. The first-order valence-electron chi connectivity index (χ1n) is 9.31. The number of hydrogen-bond donors (Lipinski definition) is 1. The molecule has 7 heteroatoms. The maximum absolute atomic E-state index is 12.9. The molecule has 0 radical (unpaired) electrons. The monoisotopic (exact) mass is 448 g/mol. The molecule has 3 aromatic rings. The van der Waals surface area contributed by atoms with Gasteiger partial charge in [-0.15, -0.1) is 11.3 Å². The SMILES string of the molecule is Fc1ccc(CCCNC2CCN(c3ncnc4c(Br)csc34)CC2)cc1. The molecule has 0 unspecified atom stereocenters. The number of thiophene rings is 1. The molecule has 27 heavy (non-hydrogen) atoms. The van der Waals surface area contributed by atoms with E-state index in [0.717, 1.165) is 65.8 Å². The third-order valence-electron chi connectivity index (χ3n) is 5.07. The first-order chi connectivity index (χ1) is 13.2. The molecule has 0 amide bonds. The van der Waals surface area contributed by atoms with Crippen LogP contribution in [-0.2, 0) is 6.42 Å². The van der Waals surface area contributed by atoms with Gasteiger partial charge in [0, 0.05) is 24.5 Å². The van der Waals surface area contributed by atoms with E-state index in [2.05, 4.69) is 41.5 Å². The van der Waals surface area contributed by atoms with Crippen molar-refractivity contribution in [2.45, 2.75) is 31.7 Å². The van der Waals surface area contributed by atoms with Crippen molar-refractivity contribution in [1.29, 1.82) is 0 Å². The van der Waals surface area contributed by atoms with Crippen LogP contribution in [0.25, 0.3) is 10.2 Å². The number of piperidine rings is 1. The second-order valence-electron chi connectivity index (χ2n) is 6.90. The van der Waals surface area contributed by atoms with Crippen molar-refractivity contribution in [2.24, 2.45) is 0 Å². The molecule has 1 aliphatic rings. The number of aromatic nitrogens is 2. The predicted molar refractivity (Wildman–Crippen MR) is 113 cm³/mol. The Balaban J connectivity index is 1.24. The molecule has 0 atom stereocenters. The fourth-order valence-corrected chi connectivity index (χ4v) is 5.19. The van der Waals surface area contributed by atoms with Crippen LogP contribution in [0.15, 0.2) is 40.4 Å². The molecule has 1 saturated heterocycles. The molecule has 0 aliphatic carbocycles. The Hall–Kier alpha value is -1.57. The second kappa shape index (κ2) is 8.63. The highest BCUT2D eigenvalue weighted by atomic mass is 79.9. The number of benzene rings is 1. The van der Waals surface area contributed by atoms with Gasteiger partial charge < -0.3 is 10.2 Å². The van der Waals surface area contributed by atoms with Gasteiger partial charge in [-0.1, -0.05) is 12.1 Å². The van der Waals surface area contributed by atoms with E-state index in [4.69, 9.17) is 0 Å². The lowest BCUT2D eigenvalue weighted by Gasteiger charge is -2.33. The van der Waals surface area contributed by atoms with E-state index in [1.165, 1.54) is 17.7 Å². The van der Waals surface area contributed by atoms with Crippen LogP contribution in [0.1, 0.15) is 24.8 Å². The number of nitrogens with one attached hydrogen (secondary N) is 1. The number of aryl methyl sites for hydroxylation is 1. The van der Waals surface area contributed by atoms with E-state index in [1.54, 1.807) is 17.7 Å². The topological polar surface area (TPSA) is 41.0 Å². The van der Waals surface area contributed by atoms with Gasteiger partial charge in [-0.25, -0.2) is 14.4 Å². The zero-order valence-corrected chi connectivity index (χ0v) is 17.4. The summed E-state index contributed by atoms with van der Waals surface area (Å²) in [4.78, 5) is 11.3. The largest absolute Gasteiger partial charge is 0.355 e. The molecule has 4 nitrogen and oxygen atoms in total. The minimum Gasteiger partial charge on any atom is -0.355 e. The zero-order valence-electron chi connectivity index (χ0n) is 15.0. The third-order valence-corrected chi connectivity index (χ3v) is 6.95. The van der Waals surface area contributed by atoms with Crippen LogP contribution in [0.5, 0.6) is 0 Å². The normalized spacial score (nSPS) is 15.6. The van der Waals surface area contributed by atoms with Gasteiger partial charge in [0.1, 0.15) is 23.5 Å². The quantitative estimate of drug-likeness (QED) is 0.550. The van der Waals surface area contributed by atoms with Crippen LogP contribution < -0.4 is 10.2 Å². The predicted octanol–water partition coefficient (Wildman–Crippen LogP) is 4.78. The van der Waals surface area contributed by atoms with Gasteiger partial charge in [0.25, 0.3) is 0 Å². The summed E-state index contributed by atoms with van der Waals surface area (Å²) in [6.45, 7) is 3.02. The molecule has 1 aliphatic heterocycles. The summed E-state index contributed by atoms with van der Waals surface area (Å²) in [6, 6.07) is 7.38. The van der Waals surface area contributed by atoms with Crippen LogP contribution in [-0.4, -0.2) is 35.6 Å². The standard InChI is InChI=1S/C20H22BrFN4S/c21-17-12-27-19-18(17)24-13-25-20(19)26-10-7-16(8-11-26)23-9-1-2-14-3-5-15(22)6-4-14/h3-6,12-13,16,23H,1-2,7-11H2. The Labute approximate surface area is 171 Å². The van der Waals surface area contributed by atoms with Crippen molar-refractivity contribution in [2.75, 3.05) is 24.5 Å². The van der Waals surface area contributed by atoms with Gasteiger partial charge in [-0.2, -0.15) is 0 Å². The van der Waals surface area contributed by atoms with Gasteiger partial charge in [0.15, 0.2) is 0 Å². The molecule has 1 aromatic carbocycles. The Morgan fingerprint density at radius 1 is 1.19 bits per heavy atom. The highest BCUT2D eigenvalue weighted by molar-refractivity contribution is 9.10. The summed E-state index contributed by atoms with van der Waals surface area (Å²) in [5.41, 5.74) is 2.20. The van der Waals surface area contributed by atoms with Gasteiger partial charge in [-0.3, -0.25) is 0 Å². The van der Waals surface area contributed by atoms with Crippen LogP contribution >= 0.6 is 27.3 Å². The summed E-state index contributed by atoms with van der Waals surface area (Å²) in [7, 11) is 0. The number of anilines is 1. The minimum atomic E-state index is -0.167. The van der Waals surface area contributed by atoms with E-state index in [0.29, 0.717) is 6.04 Å². The number of rotatable bonds is 6. The van der Waals surface area contributed by atoms with Crippen LogP contribution in [0.2, 0.25) is 0 Å². The van der Waals surface area contributed by atoms with Gasteiger partial charge in [-0.05, 0) is 65.9 Å². The zero-order chi connectivity index (χ0) is 18.6. The summed E-state index contributed by atoms with van der Waals surface area (Å²) in [5, 5.41) is 5.76. The minimum absolute atomic E-state index is 0.167. The first kappa shape index (κ1) is 18.8. The number of hydrogen-bond acceptors (Lipinski definition) is 5. The molecule has 142 valence electrons. The van der Waals surface area contributed by atoms with E-state index in [9.17, 15) is 4.39 Å². The Morgan fingerprint density at radius 3 is 2.74 bits per heavy atom. The van der Waals surface area contributed by atoms with Gasteiger partial charge >= 0.3 is 0 Å². The van der Waals surface area contributed by atoms with Crippen molar-refractivity contribution in [3.63, 3.8) is 0 Å². The van der Waals surface area contributed by atoms with Crippen molar-refractivity contribution >= 4 is 43.3 Å². The van der Waals surface area contributed by atoms with Gasteiger partial charge in [0.2, 0.25) is 0 Å². The Kier molecular flexibility index (Phi) is 6.00. The van der Waals surface area contributed by atoms with E-state index in [-0.39, 0.29) is 5.82 Å². The highest BCUT2D eigenvalue weighted by Crippen LogP contribution is 2.34. The molecular formula is C20H22BrFN4S. The maximum atomic E-state index is 12.9. The lowest BCUT2D eigenvalue weighted by atomic mass is 10.0. The van der Waals surface area contributed by atoms with Crippen molar-refractivity contribution in [3.05, 3.63) is 51.8 Å². The fraction of sp³-hybridized carbons (Fsp3) is 0.400. The smallest absolute Gasteiger partial charge is 0.150 e. The van der Waals surface area contributed by atoms with Crippen molar-refractivity contribution < 1.29 is 4.39 Å². The van der Waals surface area contributed by atoms with E-state index >= 15 is 0 Å². The summed E-state index contributed by atoms with van der Waals surface area (Å²) in [6.07, 6.45) is 5.96. The highest BCUT2D eigenvalue weighted by Gasteiger charge is 2.22. The molecule has 3 heterocycles. The van der Waals surface area contributed by atoms with Crippen LogP contribution in [0, 0.1) is 5.82 Å². The van der Waals surface area contributed by atoms with E-state index < -0.39 is 0 Å². The maximum Gasteiger partial charge on any atom is 0.150 e. The molecule has 4 rings (SSSR count). The molecule has 0 bridgehead atoms. The summed E-state index contributed by atoms with van der Waals surface area (Å²) >= 11 is 5.26.